The lowest BCUT2D eigenvalue weighted by Gasteiger charge is -2.45. The second-order valence-corrected chi connectivity index (χ2v) is 10.9. The van der Waals surface area contributed by atoms with E-state index in [1.54, 1.807) is 0 Å². The van der Waals surface area contributed by atoms with Gasteiger partial charge in [0.1, 0.15) is 0 Å². The van der Waals surface area contributed by atoms with Crippen LogP contribution in [0.4, 0.5) is 0 Å². The SMILES string of the molecule is CC(C)O[Si]CCCCCC[Si]C(N1CCN(C)CC1)N1CCN(C)CC1. The van der Waals surface area contributed by atoms with Crippen LogP contribution in [0.15, 0.2) is 0 Å². The minimum Gasteiger partial charge on any atom is -0.415 e. The molecule has 5 nitrogen and oxygen atoms in total. The molecule has 0 unspecified atom stereocenters. The highest BCUT2D eigenvalue weighted by Crippen LogP contribution is 2.15. The van der Waals surface area contributed by atoms with Crippen LogP contribution in [0.25, 0.3) is 0 Å². The summed E-state index contributed by atoms with van der Waals surface area (Å²) in [6.45, 7) is 14.2. The number of likely N-dealkylation sites (N-methyl/N-ethyl adjacent to an activating group) is 2. The fraction of sp³-hybridized carbons (Fsp3) is 1.00. The Balaban J connectivity index is 1.64. The zero-order chi connectivity index (χ0) is 19.5. The molecule has 2 rings (SSSR count). The quantitative estimate of drug-likeness (QED) is 0.361. The van der Waals surface area contributed by atoms with Gasteiger partial charge in [-0.1, -0.05) is 31.7 Å². The third kappa shape index (κ3) is 9.52. The summed E-state index contributed by atoms with van der Waals surface area (Å²) in [4.78, 5) is 10.5. The number of hydrogen-bond acceptors (Lipinski definition) is 5. The molecule has 4 radical (unpaired) electrons. The minimum atomic E-state index is 0.394. The van der Waals surface area contributed by atoms with E-state index in [0.29, 0.717) is 21.7 Å². The zero-order valence-electron chi connectivity index (χ0n) is 18.3. The topological polar surface area (TPSA) is 22.2 Å². The van der Waals surface area contributed by atoms with Crippen LogP contribution in [0, 0.1) is 0 Å². The van der Waals surface area contributed by atoms with Gasteiger partial charge in [0, 0.05) is 64.3 Å². The second kappa shape index (κ2) is 13.5. The van der Waals surface area contributed by atoms with Gasteiger partial charge in [0.2, 0.25) is 9.76 Å². The highest BCUT2D eigenvalue weighted by Gasteiger charge is 2.29. The van der Waals surface area contributed by atoms with Crippen LogP contribution >= 0.6 is 0 Å². The number of rotatable bonds is 12. The third-order valence-electron chi connectivity index (χ3n) is 5.62. The number of nitrogens with zero attached hydrogens (tertiary/aromatic N) is 4. The maximum absolute atomic E-state index is 5.66. The first-order valence-corrected chi connectivity index (χ1v) is 13.4. The molecule has 0 amide bonds. The van der Waals surface area contributed by atoms with E-state index in [9.17, 15) is 0 Å². The number of unbranched alkanes of at least 4 members (excludes halogenated alkanes) is 3. The molecule has 0 aromatic heterocycles. The first kappa shape index (κ1) is 23.5. The highest BCUT2D eigenvalue weighted by atomic mass is 28.2. The molecule has 156 valence electrons. The van der Waals surface area contributed by atoms with Crippen molar-refractivity contribution in [2.75, 3.05) is 66.5 Å². The van der Waals surface area contributed by atoms with Crippen LogP contribution in [-0.2, 0) is 4.43 Å². The Morgan fingerprint density at radius 3 is 1.67 bits per heavy atom. The lowest BCUT2D eigenvalue weighted by Crippen LogP contribution is -2.61. The Morgan fingerprint density at radius 1 is 0.704 bits per heavy atom. The highest BCUT2D eigenvalue weighted by molar-refractivity contribution is 6.37. The Kier molecular flexibility index (Phi) is 11.7. The molecule has 0 N–H and O–H groups in total. The molecule has 2 aliphatic rings. The molecule has 7 heteroatoms. The lowest BCUT2D eigenvalue weighted by molar-refractivity contribution is 0.0311. The van der Waals surface area contributed by atoms with Crippen LogP contribution in [0.1, 0.15) is 39.5 Å². The maximum atomic E-state index is 5.66. The molecule has 0 bridgehead atoms. The average Bonchev–Trinajstić information content (AvgIpc) is 2.65. The van der Waals surface area contributed by atoms with E-state index in [-0.39, 0.29) is 0 Å². The first-order valence-electron chi connectivity index (χ1n) is 11.0. The van der Waals surface area contributed by atoms with Crippen LogP contribution in [0.3, 0.4) is 0 Å². The zero-order valence-corrected chi connectivity index (χ0v) is 20.3. The Labute approximate surface area is 173 Å². The molecule has 2 aliphatic heterocycles. The maximum Gasteiger partial charge on any atom is 0.230 e. The van der Waals surface area contributed by atoms with Crippen molar-refractivity contribution in [3.63, 3.8) is 0 Å². The summed E-state index contributed by atoms with van der Waals surface area (Å²) in [5.74, 6) is 0.702. The molecule has 0 spiro atoms. The van der Waals surface area contributed by atoms with Gasteiger partial charge in [-0.05, 0) is 34.0 Å². The van der Waals surface area contributed by atoms with E-state index in [4.69, 9.17) is 4.43 Å². The molecule has 27 heavy (non-hydrogen) atoms. The largest absolute Gasteiger partial charge is 0.415 e. The molecule has 2 saturated heterocycles. The fourth-order valence-electron chi connectivity index (χ4n) is 3.75. The van der Waals surface area contributed by atoms with E-state index in [0.717, 1.165) is 9.52 Å². The summed E-state index contributed by atoms with van der Waals surface area (Å²) >= 11 is 0. The lowest BCUT2D eigenvalue weighted by atomic mass is 10.2. The van der Waals surface area contributed by atoms with E-state index in [1.165, 1.54) is 90.1 Å². The summed E-state index contributed by atoms with van der Waals surface area (Å²) < 4.78 is 5.66. The van der Waals surface area contributed by atoms with Crippen molar-refractivity contribution in [2.45, 2.75) is 63.5 Å². The predicted molar refractivity (Wildman–Crippen MR) is 118 cm³/mol. The Bertz CT molecular complexity index is 351. The van der Waals surface area contributed by atoms with E-state index >= 15 is 0 Å². The van der Waals surface area contributed by atoms with Gasteiger partial charge in [0.25, 0.3) is 0 Å². The molecule has 0 aromatic carbocycles. The molecular formula is C20H42N4OSi2. The predicted octanol–water partition coefficient (Wildman–Crippen LogP) is 1.91. The summed E-state index contributed by atoms with van der Waals surface area (Å²) in [6, 6.07) is 2.67. The van der Waals surface area contributed by atoms with Gasteiger partial charge < -0.3 is 14.2 Å². The third-order valence-corrected chi connectivity index (χ3v) is 8.55. The smallest absolute Gasteiger partial charge is 0.230 e. The van der Waals surface area contributed by atoms with Gasteiger partial charge in [0.15, 0.2) is 0 Å². The summed E-state index contributed by atoms with van der Waals surface area (Å²) in [5, 5.41) is 0. The van der Waals surface area contributed by atoms with Crippen LogP contribution < -0.4 is 0 Å². The van der Waals surface area contributed by atoms with Gasteiger partial charge in [0.05, 0.1) is 9.52 Å². The van der Waals surface area contributed by atoms with Crippen molar-refractivity contribution in [2.24, 2.45) is 0 Å². The number of piperazine rings is 2. The molecular weight excluding hydrogens is 368 g/mol. The molecule has 0 saturated carbocycles. The molecule has 0 aromatic rings. The van der Waals surface area contributed by atoms with E-state index in [2.05, 4.69) is 47.5 Å². The monoisotopic (exact) mass is 410 g/mol. The average molecular weight is 411 g/mol. The van der Waals surface area contributed by atoms with Crippen molar-refractivity contribution in [1.82, 2.24) is 19.6 Å². The van der Waals surface area contributed by atoms with Crippen LogP contribution in [-0.4, -0.2) is 117 Å². The van der Waals surface area contributed by atoms with Crippen LogP contribution in [0.2, 0.25) is 12.1 Å². The molecule has 0 aliphatic carbocycles. The summed E-state index contributed by atoms with van der Waals surface area (Å²) in [5.41, 5.74) is 0. The van der Waals surface area contributed by atoms with Crippen molar-refractivity contribution in [3.05, 3.63) is 0 Å². The van der Waals surface area contributed by atoms with Gasteiger partial charge in [-0.2, -0.15) is 0 Å². The standard InChI is InChI=1S/C20H42N4OSi2/c1-19(2)25-27-18-8-6-5-7-17-26-20(23-13-9-21(3)10-14-23)24-15-11-22(4)12-16-24/h19-20H,5-18H2,1-4H3. The van der Waals surface area contributed by atoms with Crippen molar-refractivity contribution in [1.29, 1.82) is 0 Å². The molecule has 2 fully saturated rings. The van der Waals surface area contributed by atoms with Gasteiger partial charge in [-0.15, -0.1) is 0 Å². The van der Waals surface area contributed by atoms with E-state index in [1.807, 2.05) is 0 Å². The van der Waals surface area contributed by atoms with Gasteiger partial charge in [-0.25, -0.2) is 0 Å². The normalized spacial score (nSPS) is 21.6. The molecule has 2 heterocycles. The van der Waals surface area contributed by atoms with Gasteiger partial charge >= 0.3 is 0 Å². The van der Waals surface area contributed by atoms with Crippen molar-refractivity contribution in [3.8, 4) is 0 Å². The fourth-order valence-corrected chi connectivity index (χ4v) is 6.35. The molecule has 0 atom stereocenters. The minimum absolute atomic E-state index is 0.394. The van der Waals surface area contributed by atoms with E-state index < -0.39 is 0 Å². The first-order chi connectivity index (χ1) is 13.1. The summed E-state index contributed by atoms with van der Waals surface area (Å²) in [7, 11) is 6.29. The second-order valence-electron chi connectivity index (χ2n) is 8.48. The Morgan fingerprint density at radius 2 is 1.19 bits per heavy atom. The van der Waals surface area contributed by atoms with Crippen molar-refractivity contribution < 1.29 is 4.43 Å². The summed E-state index contributed by atoms with van der Waals surface area (Å²) in [6.07, 6.45) is 5.93. The van der Waals surface area contributed by atoms with Gasteiger partial charge in [-0.3, -0.25) is 9.80 Å². The van der Waals surface area contributed by atoms with Crippen molar-refractivity contribution >= 4 is 19.3 Å². The number of hydrogen-bond donors (Lipinski definition) is 0. The Hall–Kier alpha value is 0.234. The van der Waals surface area contributed by atoms with Crippen LogP contribution in [0.5, 0.6) is 0 Å².